The molecule has 0 bridgehead atoms. The summed E-state index contributed by atoms with van der Waals surface area (Å²) in [5.74, 6) is 0.00569. The van der Waals surface area contributed by atoms with Crippen LogP contribution in [0.3, 0.4) is 0 Å². The number of rotatable bonds is 5. The lowest BCUT2D eigenvalue weighted by atomic mass is 10.0. The summed E-state index contributed by atoms with van der Waals surface area (Å²) in [5, 5.41) is 21.0. The highest BCUT2D eigenvalue weighted by Crippen LogP contribution is 2.29. The van der Waals surface area contributed by atoms with Gasteiger partial charge in [-0.2, -0.15) is 5.10 Å². The van der Waals surface area contributed by atoms with Crippen molar-refractivity contribution < 1.29 is 14.7 Å². The zero-order valence-electron chi connectivity index (χ0n) is 20.7. The second-order valence-corrected chi connectivity index (χ2v) is 9.14. The third kappa shape index (κ3) is 5.07. The number of pyridine rings is 1. The van der Waals surface area contributed by atoms with Crippen molar-refractivity contribution in [2.45, 2.75) is 0 Å². The Morgan fingerprint density at radius 2 is 1.78 bits per heavy atom. The van der Waals surface area contributed by atoms with Gasteiger partial charge in [0, 0.05) is 51.4 Å². The van der Waals surface area contributed by atoms with E-state index in [1.54, 1.807) is 50.5 Å². The Morgan fingerprint density at radius 3 is 2.51 bits per heavy atom. The minimum Gasteiger partial charge on any atom is -0.508 e. The number of hydrogen-bond acceptors (Lipinski definition) is 6. The standard InChI is InChI=1S/C28H28N6O3/c1-33(2)27(36)20-5-3-4-18(16-20)6-11-23-25-22(28(37)34-14-12-29-13-15-34)17-24(30-26(25)32-31-23)19-7-9-21(35)10-8-19/h3-11,16-17,29,35H,12-15H2,1-2H3,(H,30,31,32). The first-order valence-electron chi connectivity index (χ1n) is 12.1. The second kappa shape index (κ2) is 10.2. The van der Waals surface area contributed by atoms with Gasteiger partial charge in [0.15, 0.2) is 5.65 Å². The summed E-state index contributed by atoms with van der Waals surface area (Å²) in [4.78, 5) is 34.1. The number of piperazine rings is 1. The lowest BCUT2D eigenvalue weighted by molar-refractivity contribution is 0.0737. The normalized spacial score (nSPS) is 13.8. The smallest absolute Gasteiger partial charge is 0.254 e. The van der Waals surface area contributed by atoms with Crippen molar-refractivity contribution in [2.75, 3.05) is 40.3 Å². The van der Waals surface area contributed by atoms with Gasteiger partial charge in [-0.05, 0) is 54.1 Å². The van der Waals surface area contributed by atoms with Crippen LogP contribution in [0, 0.1) is 0 Å². The summed E-state index contributed by atoms with van der Waals surface area (Å²) in [6, 6.07) is 15.9. The van der Waals surface area contributed by atoms with Crippen molar-refractivity contribution in [3.05, 3.63) is 77.0 Å². The molecule has 37 heavy (non-hydrogen) atoms. The summed E-state index contributed by atoms with van der Waals surface area (Å²) in [5.41, 5.74) is 4.41. The van der Waals surface area contributed by atoms with Gasteiger partial charge < -0.3 is 20.2 Å². The number of benzene rings is 2. The summed E-state index contributed by atoms with van der Waals surface area (Å²) >= 11 is 0. The van der Waals surface area contributed by atoms with Crippen LogP contribution in [0.25, 0.3) is 34.4 Å². The molecule has 188 valence electrons. The molecule has 2 amide bonds. The third-order valence-corrected chi connectivity index (χ3v) is 6.33. The first-order chi connectivity index (χ1) is 17.9. The Morgan fingerprint density at radius 1 is 1.03 bits per heavy atom. The number of hydrogen-bond donors (Lipinski definition) is 3. The molecular weight excluding hydrogens is 468 g/mol. The number of phenolic OH excluding ortho intramolecular Hbond substituents is 1. The van der Waals surface area contributed by atoms with Crippen LogP contribution in [0.5, 0.6) is 5.75 Å². The molecule has 0 aliphatic carbocycles. The average molecular weight is 497 g/mol. The number of aromatic hydroxyl groups is 1. The van der Waals surface area contributed by atoms with Crippen molar-refractivity contribution in [1.82, 2.24) is 30.3 Å². The van der Waals surface area contributed by atoms with E-state index < -0.39 is 0 Å². The minimum atomic E-state index is -0.0800. The molecule has 0 spiro atoms. The number of fused-ring (bicyclic) bond motifs is 1. The van der Waals surface area contributed by atoms with Gasteiger partial charge in [-0.15, -0.1) is 0 Å². The van der Waals surface area contributed by atoms with Crippen molar-refractivity contribution in [3.63, 3.8) is 0 Å². The molecule has 0 atom stereocenters. The Bertz CT molecular complexity index is 1480. The zero-order valence-corrected chi connectivity index (χ0v) is 20.7. The topological polar surface area (TPSA) is 114 Å². The van der Waals surface area contributed by atoms with Gasteiger partial charge in [0.1, 0.15) is 5.75 Å². The first-order valence-corrected chi connectivity index (χ1v) is 12.1. The maximum Gasteiger partial charge on any atom is 0.254 e. The second-order valence-electron chi connectivity index (χ2n) is 9.14. The maximum absolute atomic E-state index is 13.7. The predicted molar refractivity (Wildman–Crippen MR) is 143 cm³/mol. The van der Waals surface area contributed by atoms with Crippen LogP contribution >= 0.6 is 0 Å². The number of aromatic nitrogens is 3. The van der Waals surface area contributed by atoms with Crippen molar-refractivity contribution in [1.29, 1.82) is 0 Å². The molecule has 0 saturated carbocycles. The highest BCUT2D eigenvalue weighted by molar-refractivity contribution is 6.09. The Labute approximate surface area is 214 Å². The van der Waals surface area contributed by atoms with Gasteiger partial charge in [0.05, 0.1) is 22.3 Å². The molecule has 3 heterocycles. The Hall–Kier alpha value is -4.50. The molecule has 2 aromatic carbocycles. The summed E-state index contributed by atoms with van der Waals surface area (Å²) < 4.78 is 0. The number of phenols is 1. The van der Waals surface area contributed by atoms with Crippen LogP contribution in [0.2, 0.25) is 0 Å². The van der Waals surface area contributed by atoms with E-state index in [0.29, 0.717) is 46.6 Å². The molecule has 9 heteroatoms. The highest BCUT2D eigenvalue weighted by Gasteiger charge is 2.24. The first kappa shape index (κ1) is 24.2. The van der Waals surface area contributed by atoms with Crippen LogP contribution in [0.15, 0.2) is 54.6 Å². The number of carbonyl (C=O) groups is 2. The van der Waals surface area contributed by atoms with Crippen LogP contribution in [0.4, 0.5) is 0 Å². The van der Waals surface area contributed by atoms with E-state index in [1.807, 2.05) is 35.3 Å². The fraction of sp³-hybridized carbons (Fsp3) is 0.214. The van der Waals surface area contributed by atoms with Crippen molar-refractivity contribution >= 4 is 35.0 Å². The van der Waals surface area contributed by atoms with Gasteiger partial charge in [-0.1, -0.05) is 18.2 Å². The van der Waals surface area contributed by atoms with E-state index in [-0.39, 0.29) is 17.6 Å². The van der Waals surface area contributed by atoms with E-state index in [1.165, 1.54) is 4.90 Å². The van der Waals surface area contributed by atoms with Crippen LogP contribution in [-0.2, 0) is 0 Å². The van der Waals surface area contributed by atoms with E-state index in [2.05, 4.69) is 15.5 Å². The summed E-state index contributed by atoms with van der Waals surface area (Å²) in [6.45, 7) is 2.72. The quantitative estimate of drug-likeness (QED) is 0.391. The van der Waals surface area contributed by atoms with E-state index in [0.717, 1.165) is 24.2 Å². The van der Waals surface area contributed by atoms with Gasteiger partial charge in [-0.25, -0.2) is 4.98 Å². The molecule has 0 radical (unpaired) electrons. The lowest BCUT2D eigenvalue weighted by Crippen LogP contribution is -2.46. The van der Waals surface area contributed by atoms with E-state index in [4.69, 9.17) is 4.98 Å². The monoisotopic (exact) mass is 496 g/mol. The average Bonchev–Trinajstić information content (AvgIpc) is 3.34. The number of carbonyl (C=O) groups excluding carboxylic acids is 2. The van der Waals surface area contributed by atoms with Gasteiger partial charge in [0.25, 0.3) is 11.8 Å². The SMILES string of the molecule is CN(C)C(=O)c1cccc(C=Cc2[nH]nc3nc(-c4ccc(O)cc4)cc(C(=O)N4CCNCC4)c23)c1. The Kier molecular flexibility index (Phi) is 6.70. The number of aromatic amines is 1. The Balaban J connectivity index is 1.57. The van der Waals surface area contributed by atoms with Crippen LogP contribution in [-0.4, -0.2) is 82.2 Å². The molecular formula is C28H28N6O3. The number of nitrogens with one attached hydrogen (secondary N) is 2. The largest absolute Gasteiger partial charge is 0.508 e. The summed E-state index contributed by atoms with van der Waals surface area (Å²) in [6.07, 6.45) is 3.73. The van der Waals surface area contributed by atoms with Gasteiger partial charge in [-0.3, -0.25) is 14.7 Å². The molecule has 1 fully saturated rings. The molecule has 3 N–H and O–H groups in total. The fourth-order valence-electron chi connectivity index (χ4n) is 4.37. The van der Waals surface area contributed by atoms with Crippen molar-refractivity contribution in [3.8, 4) is 17.0 Å². The fourth-order valence-corrected chi connectivity index (χ4v) is 4.37. The minimum absolute atomic E-state index is 0.0721. The van der Waals surface area contributed by atoms with E-state index >= 15 is 0 Å². The maximum atomic E-state index is 13.7. The van der Waals surface area contributed by atoms with Gasteiger partial charge in [0.2, 0.25) is 0 Å². The molecule has 5 rings (SSSR count). The van der Waals surface area contributed by atoms with Gasteiger partial charge >= 0.3 is 0 Å². The zero-order chi connectivity index (χ0) is 25.9. The third-order valence-electron chi connectivity index (χ3n) is 6.33. The predicted octanol–water partition coefficient (Wildman–Crippen LogP) is 3.25. The van der Waals surface area contributed by atoms with Crippen molar-refractivity contribution in [2.24, 2.45) is 0 Å². The molecule has 1 saturated heterocycles. The van der Waals surface area contributed by atoms with E-state index in [9.17, 15) is 14.7 Å². The number of amides is 2. The molecule has 0 unspecified atom stereocenters. The molecule has 4 aromatic rings. The highest BCUT2D eigenvalue weighted by atomic mass is 16.3. The number of H-pyrrole nitrogens is 1. The number of nitrogens with zero attached hydrogens (tertiary/aromatic N) is 4. The molecule has 9 nitrogen and oxygen atoms in total. The van der Waals surface area contributed by atoms with Crippen LogP contribution in [0.1, 0.15) is 32.0 Å². The molecule has 2 aromatic heterocycles. The van der Waals surface area contributed by atoms with Crippen LogP contribution < -0.4 is 5.32 Å². The lowest BCUT2D eigenvalue weighted by Gasteiger charge is -2.27. The molecule has 1 aliphatic rings. The molecule has 1 aliphatic heterocycles. The summed E-state index contributed by atoms with van der Waals surface area (Å²) in [7, 11) is 3.44.